The van der Waals surface area contributed by atoms with Gasteiger partial charge in [0.2, 0.25) is 5.91 Å². The number of nitrogens with two attached hydrogens (primary N) is 2. The Bertz CT molecular complexity index is 148. The average molecular weight is 190 g/mol. The van der Waals surface area contributed by atoms with Crippen LogP contribution in [0, 0.1) is 0 Å². The topological polar surface area (TPSA) is 69.1 Å². The third-order valence-corrected chi connectivity index (χ3v) is 2.74. The Balaban J connectivity index is 3.54. The molecule has 4 N–H and O–H groups in total. The van der Waals surface area contributed by atoms with Crippen LogP contribution < -0.4 is 11.5 Å². The van der Waals surface area contributed by atoms with Crippen molar-refractivity contribution in [1.82, 2.24) is 0 Å². The van der Waals surface area contributed by atoms with Gasteiger partial charge in [-0.05, 0) is 31.3 Å². The lowest BCUT2D eigenvalue weighted by Crippen LogP contribution is -2.49. The molecule has 0 saturated heterocycles. The molecule has 0 fully saturated rings. The molecule has 0 aliphatic carbocycles. The van der Waals surface area contributed by atoms with Gasteiger partial charge in [-0.3, -0.25) is 4.79 Å². The molecule has 0 heterocycles. The molecule has 0 saturated carbocycles. The van der Waals surface area contributed by atoms with E-state index in [0.29, 0.717) is 6.42 Å². The third kappa shape index (κ3) is 4.62. The highest BCUT2D eigenvalue weighted by Gasteiger charge is 2.24. The lowest BCUT2D eigenvalue weighted by Gasteiger charge is -2.19. The lowest BCUT2D eigenvalue weighted by molar-refractivity contribution is -0.122. The van der Waals surface area contributed by atoms with Crippen LogP contribution in [-0.2, 0) is 4.79 Å². The maximum atomic E-state index is 10.8. The second kappa shape index (κ2) is 5.43. The standard InChI is InChI=1S/C8H18N2OS/c1-3-12-6-4-5-8(2,10)7(9)11/h3-6,10H2,1-2H3,(H2,9,11). The quantitative estimate of drug-likeness (QED) is 0.606. The monoisotopic (exact) mass is 190 g/mol. The number of hydrogen-bond acceptors (Lipinski definition) is 3. The van der Waals surface area contributed by atoms with Gasteiger partial charge in [0.1, 0.15) is 0 Å². The van der Waals surface area contributed by atoms with Gasteiger partial charge in [0.05, 0.1) is 5.54 Å². The molecule has 0 bridgehead atoms. The summed E-state index contributed by atoms with van der Waals surface area (Å²) in [5, 5.41) is 0. The van der Waals surface area contributed by atoms with E-state index < -0.39 is 11.4 Å². The summed E-state index contributed by atoms with van der Waals surface area (Å²) in [4.78, 5) is 10.8. The molecule has 0 aliphatic heterocycles. The summed E-state index contributed by atoms with van der Waals surface area (Å²) < 4.78 is 0. The van der Waals surface area contributed by atoms with Crippen LogP contribution in [0.2, 0.25) is 0 Å². The first-order chi connectivity index (χ1) is 5.50. The highest BCUT2D eigenvalue weighted by Crippen LogP contribution is 2.11. The minimum Gasteiger partial charge on any atom is -0.368 e. The summed E-state index contributed by atoms with van der Waals surface area (Å²) in [7, 11) is 0. The Morgan fingerprint density at radius 2 is 2.17 bits per heavy atom. The normalized spacial score (nSPS) is 15.6. The summed E-state index contributed by atoms with van der Waals surface area (Å²) >= 11 is 1.85. The predicted molar refractivity (Wildman–Crippen MR) is 54.0 cm³/mol. The molecule has 4 heteroatoms. The number of hydrogen-bond donors (Lipinski definition) is 2. The van der Waals surface area contributed by atoms with Gasteiger partial charge in [0.15, 0.2) is 0 Å². The third-order valence-electron chi connectivity index (χ3n) is 1.75. The number of rotatable bonds is 6. The zero-order valence-electron chi connectivity index (χ0n) is 7.80. The molecule has 1 unspecified atom stereocenters. The second-order valence-corrected chi connectivity index (χ2v) is 4.48. The van der Waals surface area contributed by atoms with E-state index in [1.807, 2.05) is 11.8 Å². The van der Waals surface area contributed by atoms with Gasteiger partial charge >= 0.3 is 0 Å². The van der Waals surface area contributed by atoms with E-state index in [1.54, 1.807) is 6.92 Å². The molecule has 72 valence electrons. The number of carbonyl (C=O) groups excluding carboxylic acids is 1. The number of amides is 1. The fourth-order valence-corrected chi connectivity index (χ4v) is 1.45. The van der Waals surface area contributed by atoms with Crippen molar-refractivity contribution in [2.75, 3.05) is 11.5 Å². The fourth-order valence-electron chi connectivity index (χ4n) is 0.809. The molecule has 0 spiro atoms. The van der Waals surface area contributed by atoms with E-state index in [4.69, 9.17) is 11.5 Å². The smallest absolute Gasteiger partial charge is 0.237 e. The van der Waals surface area contributed by atoms with Crippen LogP contribution in [0.5, 0.6) is 0 Å². The highest BCUT2D eigenvalue weighted by atomic mass is 32.2. The van der Waals surface area contributed by atoms with Gasteiger partial charge in [-0.25, -0.2) is 0 Å². The van der Waals surface area contributed by atoms with Gasteiger partial charge in [-0.2, -0.15) is 11.8 Å². The van der Waals surface area contributed by atoms with Crippen molar-refractivity contribution in [3.05, 3.63) is 0 Å². The van der Waals surface area contributed by atoms with E-state index in [2.05, 4.69) is 6.92 Å². The Kier molecular flexibility index (Phi) is 5.33. The average Bonchev–Trinajstić information content (AvgIpc) is 1.98. The van der Waals surface area contributed by atoms with E-state index in [-0.39, 0.29) is 0 Å². The first-order valence-electron chi connectivity index (χ1n) is 4.17. The molecule has 0 aromatic rings. The zero-order valence-corrected chi connectivity index (χ0v) is 8.62. The number of thioether (sulfide) groups is 1. The van der Waals surface area contributed by atoms with E-state index in [9.17, 15) is 4.79 Å². The van der Waals surface area contributed by atoms with Crippen molar-refractivity contribution in [1.29, 1.82) is 0 Å². The van der Waals surface area contributed by atoms with Crippen LogP contribution >= 0.6 is 11.8 Å². The Hall–Kier alpha value is -0.220. The molecular weight excluding hydrogens is 172 g/mol. The minimum atomic E-state index is -0.825. The van der Waals surface area contributed by atoms with Crippen LogP contribution in [0.1, 0.15) is 26.7 Å². The van der Waals surface area contributed by atoms with Crippen molar-refractivity contribution >= 4 is 17.7 Å². The van der Waals surface area contributed by atoms with Crippen molar-refractivity contribution in [3.63, 3.8) is 0 Å². The first-order valence-corrected chi connectivity index (χ1v) is 5.32. The maximum Gasteiger partial charge on any atom is 0.237 e. The minimum absolute atomic E-state index is 0.413. The van der Waals surface area contributed by atoms with Gasteiger partial charge < -0.3 is 11.5 Å². The lowest BCUT2D eigenvalue weighted by atomic mass is 9.97. The maximum absolute atomic E-state index is 10.8. The van der Waals surface area contributed by atoms with E-state index in [0.717, 1.165) is 17.9 Å². The van der Waals surface area contributed by atoms with E-state index >= 15 is 0 Å². The largest absolute Gasteiger partial charge is 0.368 e. The fraction of sp³-hybridized carbons (Fsp3) is 0.875. The van der Waals surface area contributed by atoms with Crippen LogP contribution in [0.4, 0.5) is 0 Å². The van der Waals surface area contributed by atoms with Crippen molar-refractivity contribution in [3.8, 4) is 0 Å². The Labute approximate surface area is 78.3 Å². The van der Waals surface area contributed by atoms with Gasteiger partial charge in [-0.1, -0.05) is 6.92 Å². The summed E-state index contributed by atoms with van der Waals surface area (Å²) in [6.45, 7) is 3.80. The summed E-state index contributed by atoms with van der Waals surface area (Å²) in [6.07, 6.45) is 1.63. The zero-order chi connectivity index (χ0) is 9.61. The highest BCUT2D eigenvalue weighted by molar-refractivity contribution is 7.99. The molecule has 0 aromatic heterocycles. The van der Waals surface area contributed by atoms with Crippen LogP contribution in [0.3, 0.4) is 0 Å². The summed E-state index contributed by atoms with van der Waals surface area (Å²) in [6, 6.07) is 0. The summed E-state index contributed by atoms with van der Waals surface area (Å²) in [5.41, 5.74) is 9.95. The van der Waals surface area contributed by atoms with Gasteiger partial charge in [0.25, 0.3) is 0 Å². The first kappa shape index (κ1) is 11.8. The van der Waals surface area contributed by atoms with Gasteiger partial charge in [0, 0.05) is 0 Å². The van der Waals surface area contributed by atoms with Gasteiger partial charge in [-0.15, -0.1) is 0 Å². The molecule has 0 rings (SSSR count). The second-order valence-electron chi connectivity index (χ2n) is 3.08. The molecular formula is C8H18N2OS. The Morgan fingerprint density at radius 1 is 1.58 bits per heavy atom. The van der Waals surface area contributed by atoms with Crippen LogP contribution in [0.25, 0.3) is 0 Å². The summed E-state index contributed by atoms with van der Waals surface area (Å²) in [5.74, 6) is 1.75. The van der Waals surface area contributed by atoms with Crippen LogP contribution in [0.15, 0.2) is 0 Å². The Morgan fingerprint density at radius 3 is 2.58 bits per heavy atom. The molecule has 1 amide bonds. The molecule has 12 heavy (non-hydrogen) atoms. The SMILES string of the molecule is CCSCCCC(C)(N)C(N)=O. The van der Waals surface area contributed by atoms with Crippen molar-refractivity contribution < 1.29 is 4.79 Å². The van der Waals surface area contributed by atoms with Crippen LogP contribution in [-0.4, -0.2) is 23.0 Å². The number of carbonyl (C=O) groups is 1. The molecule has 0 radical (unpaired) electrons. The molecule has 3 nitrogen and oxygen atoms in total. The van der Waals surface area contributed by atoms with Crippen molar-refractivity contribution in [2.45, 2.75) is 32.2 Å². The molecule has 0 aromatic carbocycles. The number of primary amides is 1. The van der Waals surface area contributed by atoms with Crippen molar-refractivity contribution in [2.24, 2.45) is 11.5 Å². The molecule has 1 atom stereocenters. The predicted octanol–water partition coefficient (Wildman–Crippen LogP) is 0.722. The molecule has 0 aliphatic rings. The van der Waals surface area contributed by atoms with E-state index in [1.165, 1.54) is 0 Å².